The van der Waals surface area contributed by atoms with Gasteiger partial charge in [-0.3, -0.25) is 4.79 Å². The molecule has 1 aliphatic heterocycles. The summed E-state index contributed by atoms with van der Waals surface area (Å²) in [6.45, 7) is 1.47. The van der Waals surface area contributed by atoms with E-state index >= 15 is 0 Å². The van der Waals surface area contributed by atoms with Crippen molar-refractivity contribution in [3.63, 3.8) is 0 Å². The highest BCUT2D eigenvalue weighted by molar-refractivity contribution is 5.77. The topological polar surface area (TPSA) is 55.8 Å². The Morgan fingerprint density at radius 3 is 2.37 bits per heavy atom. The predicted octanol–water partition coefficient (Wildman–Crippen LogP) is 2.66. The molecule has 0 aromatic heterocycles. The van der Waals surface area contributed by atoms with Crippen molar-refractivity contribution in [1.29, 1.82) is 0 Å². The SMILES string of the molecule is CC(C(=O)O)c1ccc(C(F)(F)F)c2c1OCCO2. The standard InChI is InChI=1S/C12H11F3O4/c1-6(11(16)17)7-2-3-8(12(13,14)15)10-9(7)18-4-5-19-10/h2-3,6H,4-5H2,1H3,(H,16,17). The molecule has 1 unspecified atom stereocenters. The van der Waals surface area contributed by atoms with Gasteiger partial charge in [-0.2, -0.15) is 13.2 Å². The zero-order valence-electron chi connectivity index (χ0n) is 9.95. The Kier molecular flexibility index (Phi) is 3.30. The number of carbonyl (C=O) groups is 1. The number of rotatable bonds is 2. The van der Waals surface area contributed by atoms with Crippen molar-refractivity contribution >= 4 is 5.97 Å². The predicted molar refractivity (Wildman–Crippen MR) is 58.5 cm³/mol. The number of alkyl halides is 3. The van der Waals surface area contributed by atoms with Crippen molar-refractivity contribution in [3.8, 4) is 11.5 Å². The minimum absolute atomic E-state index is 0.000978. The van der Waals surface area contributed by atoms with Crippen LogP contribution in [-0.2, 0) is 11.0 Å². The molecular formula is C12H11F3O4. The van der Waals surface area contributed by atoms with Crippen LogP contribution >= 0.6 is 0 Å². The number of benzene rings is 1. The highest BCUT2D eigenvalue weighted by Crippen LogP contribution is 2.46. The number of aliphatic carboxylic acids is 1. The van der Waals surface area contributed by atoms with E-state index in [0.29, 0.717) is 0 Å². The van der Waals surface area contributed by atoms with Gasteiger partial charge in [-0.25, -0.2) is 0 Å². The molecule has 1 aliphatic rings. The highest BCUT2D eigenvalue weighted by Gasteiger charge is 2.38. The number of fused-ring (bicyclic) bond motifs is 1. The second-order valence-electron chi connectivity index (χ2n) is 4.12. The van der Waals surface area contributed by atoms with Gasteiger partial charge in [0.05, 0.1) is 5.92 Å². The summed E-state index contributed by atoms with van der Waals surface area (Å²) in [7, 11) is 0. The molecule has 0 saturated carbocycles. The van der Waals surface area contributed by atoms with E-state index in [-0.39, 0.29) is 24.5 Å². The average Bonchev–Trinajstić information content (AvgIpc) is 2.35. The van der Waals surface area contributed by atoms with E-state index in [1.165, 1.54) is 6.92 Å². The third kappa shape index (κ3) is 2.45. The maximum absolute atomic E-state index is 12.8. The van der Waals surface area contributed by atoms with Crippen molar-refractivity contribution in [1.82, 2.24) is 0 Å². The van der Waals surface area contributed by atoms with Gasteiger partial charge in [0, 0.05) is 5.56 Å². The van der Waals surface area contributed by atoms with Gasteiger partial charge >= 0.3 is 12.1 Å². The van der Waals surface area contributed by atoms with Gasteiger partial charge in [0.15, 0.2) is 11.5 Å². The van der Waals surface area contributed by atoms with Gasteiger partial charge in [-0.15, -0.1) is 0 Å². The minimum atomic E-state index is -4.57. The number of hydrogen-bond donors (Lipinski definition) is 1. The monoisotopic (exact) mass is 276 g/mol. The maximum atomic E-state index is 12.8. The molecule has 1 aromatic rings. The zero-order valence-corrected chi connectivity index (χ0v) is 9.95. The molecule has 0 bridgehead atoms. The molecule has 2 rings (SSSR count). The molecule has 19 heavy (non-hydrogen) atoms. The number of ether oxygens (including phenoxy) is 2. The van der Waals surface area contributed by atoms with Crippen LogP contribution in [0.3, 0.4) is 0 Å². The van der Waals surface area contributed by atoms with E-state index < -0.39 is 29.4 Å². The fraction of sp³-hybridized carbons (Fsp3) is 0.417. The van der Waals surface area contributed by atoms with Crippen molar-refractivity contribution in [2.24, 2.45) is 0 Å². The normalized spacial score (nSPS) is 16.0. The zero-order chi connectivity index (χ0) is 14.2. The molecule has 1 aromatic carbocycles. The van der Waals surface area contributed by atoms with Crippen molar-refractivity contribution in [3.05, 3.63) is 23.3 Å². The third-order valence-corrected chi connectivity index (χ3v) is 2.86. The summed E-state index contributed by atoms with van der Waals surface area (Å²) in [6.07, 6.45) is -4.57. The number of carboxylic acids is 1. The minimum Gasteiger partial charge on any atom is -0.486 e. The lowest BCUT2D eigenvalue weighted by molar-refractivity contribution is -0.139. The molecule has 0 radical (unpaired) electrons. The van der Waals surface area contributed by atoms with E-state index in [9.17, 15) is 18.0 Å². The van der Waals surface area contributed by atoms with E-state index in [0.717, 1.165) is 12.1 Å². The molecule has 0 amide bonds. The van der Waals surface area contributed by atoms with Gasteiger partial charge in [0.1, 0.15) is 18.8 Å². The molecule has 1 heterocycles. The Labute approximate surface area is 106 Å². The van der Waals surface area contributed by atoms with Crippen LogP contribution in [-0.4, -0.2) is 24.3 Å². The van der Waals surface area contributed by atoms with Gasteiger partial charge in [-0.05, 0) is 13.0 Å². The number of hydrogen-bond acceptors (Lipinski definition) is 3. The lowest BCUT2D eigenvalue weighted by Gasteiger charge is -2.25. The lowest BCUT2D eigenvalue weighted by atomic mass is 9.97. The Balaban J connectivity index is 2.58. The molecule has 0 saturated heterocycles. The first-order valence-corrected chi connectivity index (χ1v) is 5.55. The van der Waals surface area contributed by atoms with Crippen molar-refractivity contribution in [2.45, 2.75) is 19.0 Å². The summed E-state index contributed by atoms with van der Waals surface area (Å²) >= 11 is 0. The number of halogens is 3. The lowest BCUT2D eigenvalue weighted by Crippen LogP contribution is -2.21. The molecular weight excluding hydrogens is 265 g/mol. The Morgan fingerprint density at radius 2 is 1.84 bits per heavy atom. The first-order valence-electron chi connectivity index (χ1n) is 5.55. The van der Waals surface area contributed by atoms with Gasteiger partial charge in [0.2, 0.25) is 0 Å². The molecule has 0 aliphatic carbocycles. The smallest absolute Gasteiger partial charge is 0.420 e. The maximum Gasteiger partial charge on any atom is 0.420 e. The molecule has 1 atom stereocenters. The van der Waals surface area contributed by atoms with Crippen LogP contribution in [0.5, 0.6) is 11.5 Å². The van der Waals surface area contributed by atoms with E-state index in [1.54, 1.807) is 0 Å². The Morgan fingerprint density at radius 1 is 1.26 bits per heavy atom. The van der Waals surface area contributed by atoms with Crippen LogP contribution in [0.25, 0.3) is 0 Å². The van der Waals surface area contributed by atoms with Crippen LogP contribution in [0.15, 0.2) is 12.1 Å². The molecule has 0 spiro atoms. The fourth-order valence-corrected chi connectivity index (χ4v) is 1.85. The Hall–Kier alpha value is -1.92. The first-order chi connectivity index (χ1) is 8.82. The molecule has 4 nitrogen and oxygen atoms in total. The summed E-state index contributed by atoms with van der Waals surface area (Å²) in [5.74, 6) is -2.67. The molecule has 7 heteroatoms. The van der Waals surface area contributed by atoms with Crippen LogP contribution in [0, 0.1) is 0 Å². The summed E-state index contributed by atoms with van der Waals surface area (Å²) in [5, 5.41) is 8.95. The third-order valence-electron chi connectivity index (χ3n) is 2.86. The quantitative estimate of drug-likeness (QED) is 0.902. The van der Waals surface area contributed by atoms with Gasteiger partial charge < -0.3 is 14.6 Å². The van der Waals surface area contributed by atoms with E-state index in [2.05, 4.69) is 0 Å². The van der Waals surface area contributed by atoms with Gasteiger partial charge in [0.25, 0.3) is 0 Å². The second kappa shape index (κ2) is 4.64. The van der Waals surface area contributed by atoms with E-state index in [4.69, 9.17) is 14.6 Å². The molecule has 0 fully saturated rings. The first kappa shape index (κ1) is 13.5. The molecule has 104 valence electrons. The summed E-state index contributed by atoms with van der Waals surface area (Å²) in [6, 6.07) is 1.94. The highest BCUT2D eigenvalue weighted by atomic mass is 19.4. The number of carboxylic acid groups (broad SMARTS) is 1. The largest absolute Gasteiger partial charge is 0.486 e. The summed E-state index contributed by atoms with van der Waals surface area (Å²) in [4.78, 5) is 10.9. The molecule has 1 N–H and O–H groups in total. The van der Waals surface area contributed by atoms with Crippen LogP contribution < -0.4 is 9.47 Å². The van der Waals surface area contributed by atoms with E-state index in [1.807, 2.05) is 0 Å². The van der Waals surface area contributed by atoms with Crippen LogP contribution in [0.2, 0.25) is 0 Å². The van der Waals surface area contributed by atoms with Crippen molar-refractivity contribution in [2.75, 3.05) is 13.2 Å². The van der Waals surface area contributed by atoms with Crippen LogP contribution in [0.4, 0.5) is 13.2 Å². The average molecular weight is 276 g/mol. The second-order valence-corrected chi connectivity index (χ2v) is 4.12. The van der Waals surface area contributed by atoms with Crippen LogP contribution in [0.1, 0.15) is 24.0 Å². The summed E-state index contributed by atoms with van der Waals surface area (Å²) < 4.78 is 48.6. The van der Waals surface area contributed by atoms with Crippen molar-refractivity contribution < 1.29 is 32.5 Å². The fourth-order valence-electron chi connectivity index (χ4n) is 1.85. The summed E-state index contributed by atoms with van der Waals surface area (Å²) in [5.41, 5.74) is -0.779. The Bertz CT molecular complexity index is 510. The van der Waals surface area contributed by atoms with Gasteiger partial charge in [-0.1, -0.05) is 6.07 Å².